The Labute approximate surface area is 219 Å². The van der Waals surface area contributed by atoms with Gasteiger partial charge < -0.3 is 9.64 Å². The first-order valence-corrected chi connectivity index (χ1v) is 12.1. The fraction of sp³-hybridized carbons (Fsp3) is 0.259. The van der Waals surface area contributed by atoms with Crippen LogP contribution in [0.15, 0.2) is 54.7 Å². The molecule has 0 unspecified atom stereocenters. The van der Waals surface area contributed by atoms with Crippen molar-refractivity contribution in [1.29, 1.82) is 5.26 Å². The van der Waals surface area contributed by atoms with Gasteiger partial charge >= 0.3 is 0 Å². The molecule has 1 aromatic heterocycles. The Morgan fingerprint density at radius 1 is 1.17 bits per heavy atom. The van der Waals surface area contributed by atoms with Crippen LogP contribution < -0.4 is 9.64 Å². The van der Waals surface area contributed by atoms with Gasteiger partial charge in [0.15, 0.2) is 5.11 Å². The number of hydrogen-bond acceptors (Lipinski definition) is 5. The molecule has 0 bridgehead atoms. The van der Waals surface area contributed by atoms with Crippen molar-refractivity contribution in [3.63, 3.8) is 0 Å². The standard InChI is InChI=1S/C27H24ClFN4O2S/c1-17-22(10-7-20(16-30)24(17)28)33-25(34)27(2,3)32(26(33)36)13-4-14-35-21-8-5-18(6-9-21)19-11-12-31-23(29)15-19/h5-12,15H,4,13-14H2,1-3H3. The Kier molecular flexibility index (Phi) is 7.25. The van der Waals surface area contributed by atoms with Crippen molar-refractivity contribution in [2.24, 2.45) is 0 Å². The van der Waals surface area contributed by atoms with Crippen LogP contribution in [-0.4, -0.2) is 39.6 Å². The van der Waals surface area contributed by atoms with E-state index in [9.17, 15) is 14.4 Å². The lowest BCUT2D eigenvalue weighted by Gasteiger charge is -2.29. The van der Waals surface area contributed by atoms with Gasteiger partial charge in [-0.3, -0.25) is 9.69 Å². The number of hydrogen-bond donors (Lipinski definition) is 0. The molecule has 1 aliphatic rings. The lowest BCUT2D eigenvalue weighted by atomic mass is 10.0. The van der Waals surface area contributed by atoms with Crippen LogP contribution in [0.25, 0.3) is 11.1 Å². The Bertz CT molecular complexity index is 1370. The van der Waals surface area contributed by atoms with Crippen molar-refractivity contribution in [3.05, 3.63) is 76.8 Å². The zero-order valence-corrected chi connectivity index (χ0v) is 21.7. The smallest absolute Gasteiger partial charge is 0.258 e. The van der Waals surface area contributed by atoms with Crippen molar-refractivity contribution >= 4 is 40.5 Å². The second kappa shape index (κ2) is 10.2. The molecule has 36 heavy (non-hydrogen) atoms. The molecule has 0 N–H and O–H groups in total. The van der Waals surface area contributed by atoms with E-state index in [1.165, 1.54) is 17.2 Å². The van der Waals surface area contributed by atoms with Crippen LogP contribution in [0.5, 0.6) is 5.75 Å². The first-order chi connectivity index (χ1) is 17.1. The van der Waals surface area contributed by atoms with Gasteiger partial charge in [0, 0.05) is 18.8 Å². The Balaban J connectivity index is 1.40. The molecule has 1 saturated heterocycles. The van der Waals surface area contributed by atoms with E-state index in [0.29, 0.717) is 52.3 Å². The van der Waals surface area contributed by atoms with Gasteiger partial charge in [0.05, 0.1) is 22.9 Å². The highest BCUT2D eigenvalue weighted by Gasteiger charge is 2.49. The second-order valence-electron chi connectivity index (χ2n) is 8.91. The molecule has 0 spiro atoms. The van der Waals surface area contributed by atoms with E-state index in [2.05, 4.69) is 11.1 Å². The van der Waals surface area contributed by atoms with E-state index < -0.39 is 11.5 Å². The highest BCUT2D eigenvalue weighted by Crippen LogP contribution is 2.37. The summed E-state index contributed by atoms with van der Waals surface area (Å²) in [6, 6.07) is 15.9. The largest absolute Gasteiger partial charge is 0.494 e. The summed E-state index contributed by atoms with van der Waals surface area (Å²) < 4.78 is 19.3. The van der Waals surface area contributed by atoms with E-state index in [0.717, 1.165) is 11.1 Å². The monoisotopic (exact) mass is 522 g/mol. The quantitative estimate of drug-likeness (QED) is 0.218. The van der Waals surface area contributed by atoms with Gasteiger partial charge in [-0.15, -0.1) is 0 Å². The number of rotatable bonds is 7. The number of nitrogens with zero attached hydrogens (tertiary/aromatic N) is 4. The molecule has 2 aromatic carbocycles. The fourth-order valence-corrected chi connectivity index (χ4v) is 4.87. The molecular formula is C27H24ClFN4O2S. The summed E-state index contributed by atoms with van der Waals surface area (Å²) in [5.41, 5.74) is 2.33. The summed E-state index contributed by atoms with van der Waals surface area (Å²) in [6.45, 7) is 6.39. The Morgan fingerprint density at radius 2 is 1.89 bits per heavy atom. The Hall–Kier alpha value is -3.54. The molecule has 0 atom stereocenters. The molecule has 0 radical (unpaired) electrons. The number of halogens is 2. The maximum absolute atomic E-state index is 13.4. The lowest BCUT2D eigenvalue weighted by Crippen LogP contribution is -2.44. The van der Waals surface area contributed by atoms with Crippen LogP contribution in [-0.2, 0) is 4.79 Å². The first-order valence-electron chi connectivity index (χ1n) is 11.4. The van der Waals surface area contributed by atoms with E-state index in [-0.39, 0.29) is 5.91 Å². The average molecular weight is 523 g/mol. The second-order valence-corrected chi connectivity index (χ2v) is 9.65. The van der Waals surface area contributed by atoms with Crippen molar-refractivity contribution in [2.75, 3.05) is 18.1 Å². The third kappa shape index (κ3) is 4.77. The zero-order chi connectivity index (χ0) is 26.0. The fourth-order valence-electron chi connectivity index (χ4n) is 4.17. The molecule has 1 aliphatic heterocycles. The molecule has 1 amide bonds. The van der Waals surface area contributed by atoms with Crippen LogP contribution in [0, 0.1) is 24.2 Å². The highest BCUT2D eigenvalue weighted by atomic mass is 35.5. The maximum atomic E-state index is 13.4. The van der Waals surface area contributed by atoms with Gasteiger partial charge in [0.25, 0.3) is 5.91 Å². The van der Waals surface area contributed by atoms with Crippen molar-refractivity contribution in [2.45, 2.75) is 32.7 Å². The highest BCUT2D eigenvalue weighted by molar-refractivity contribution is 7.80. The van der Waals surface area contributed by atoms with E-state index in [1.54, 1.807) is 25.1 Å². The van der Waals surface area contributed by atoms with Gasteiger partial charge in [0.1, 0.15) is 17.4 Å². The molecule has 184 valence electrons. The van der Waals surface area contributed by atoms with Crippen molar-refractivity contribution in [3.8, 4) is 22.9 Å². The van der Waals surface area contributed by atoms with E-state index >= 15 is 0 Å². The van der Waals surface area contributed by atoms with E-state index in [1.807, 2.05) is 43.0 Å². The van der Waals surface area contributed by atoms with Crippen LogP contribution in [0.4, 0.5) is 10.1 Å². The third-order valence-corrected chi connectivity index (χ3v) is 7.14. The molecule has 1 fully saturated rings. The summed E-state index contributed by atoms with van der Waals surface area (Å²) in [4.78, 5) is 20.3. The molecule has 3 aromatic rings. The van der Waals surface area contributed by atoms with Crippen LogP contribution in [0.2, 0.25) is 5.02 Å². The number of ether oxygens (including phenoxy) is 1. The van der Waals surface area contributed by atoms with Gasteiger partial charge in [-0.1, -0.05) is 23.7 Å². The lowest BCUT2D eigenvalue weighted by molar-refractivity contribution is -0.123. The number of nitriles is 1. The number of aromatic nitrogens is 1. The minimum atomic E-state index is -0.842. The number of amides is 1. The minimum Gasteiger partial charge on any atom is -0.494 e. The molecule has 0 saturated carbocycles. The molecule has 9 heteroatoms. The topological polar surface area (TPSA) is 69.5 Å². The van der Waals surface area contributed by atoms with Gasteiger partial charge in [-0.25, -0.2) is 4.98 Å². The predicted octanol–water partition coefficient (Wildman–Crippen LogP) is 5.90. The molecular weight excluding hydrogens is 499 g/mol. The zero-order valence-electron chi connectivity index (χ0n) is 20.1. The van der Waals surface area contributed by atoms with Gasteiger partial charge in [-0.2, -0.15) is 9.65 Å². The number of carbonyl (C=O) groups excluding carboxylic acids is 1. The number of pyridine rings is 1. The summed E-state index contributed by atoms with van der Waals surface area (Å²) in [5.74, 6) is 0.0163. The number of thiocarbonyl (C=S) groups is 1. The minimum absolute atomic E-state index is 0.152. The van der Waals surface area contributed by atoms with Crippen molar-refractivity contribution in [1.82, 2.24) is 9.88 Å². The summed E-state index contributed by atoms with van der Waals surface area (Å²) in [6.07, 6.45) is 2.07. The maximum Gasteiger partial charge on any atom is 0.258 e. The summed E-state index contributed by atoms with van der Waals surface area (Å²) in [7, 11) is 0. The summed E-state index contributed by atoms with van der Waals surface area (Å²) in [5, 5.41) is 9.94. The number of carbonyl (C=O) groups is 1. The van der Waals surface area contributed by atoms with Crippen LogP contribution in [0.3, 0.4) is 0 Å². The molecule has 0 aliphatic carbocycles. The SMILES string of the molecule is Cc1c(N2C(=O)C(C)(C)N(CCCOc3ccc(-c4ccnc(F)c4)cc3)C2=S)ccc(C#N)c1Cl. The third-order valence-electron chi connectivity index (χ3n) is 6.25. The summed E-state index contributed by atoms with van der Waals surface area (Å²) >= 11 is 12.0. The molecule has 4 rings (SSSR count). The molecule has 2 heterocycles. The Morgan fingerprint density at radius 3 is 2.56 bits per heavy atom. The van der Waals surface area contributed by atoms with Gasteiger partial charge in [0.2, 0.25) is 5.95 Å². The predicted molar refractivity (Wildman–Crippen MR) is 142 cm³/mol. The average Bonchev–Trinajstić information content (AvgIpc) is 3.02. The number of benzene rings is 2. The molecule has 6 nitrogen and oxygen atoms in total. The normalized spacial score (nSPS) is 14.8. The van der Waals surface area contributed by atoms with Crippen molar-refractivity contribution < 1.29 is 13.9 Å². The van der Waals surface area contributed by atoms with E-state index in [4.69, 9.17) is 28.6 Å². The van der Waals surface area contributed by atoms with Crippen LogP contribution >= 0.6 is 23.8 Å². The first kappa shape index (κ1) is 25.5. The number of anilines is 1. The van der Waals surface area contributed by atoms with Gasteiger partial charge in [-0.05, 0) is 86.4 Å². The van der Waals surface area contributed by atoms with Crippen LogP contribution in [0.1, 0.15) is 31.4 Å².